The SMILES string of the molecule is N#Cc1csc(N)c1S(N)(=O)=O. The second-order valence-electron chi connectivity index (χ2n) is 2.00. The molecule has 7 heteroatoms. The van der Waals surface area contributed by atoms with E-state index in [4.69, 9.17) is 16.1 Å². The van der Waals surface area contributed by atoms with Crippen LogP contribution < -0.4 is 10.9 Å². The average molecular weight is 203 g/mol. The maximum atomic E-state index is 10.8. The fraction of sp³-hybridized carbons (Fsp3) is 0. The number of nitriles is 1. The number of rotatable bonds is 1. The summed E-state index contributed by atoms with van der Waals surface area (Å²) in [4.78, 5) is -0.269. The first-order chi connectivity index (χ1) is 5.46. The fourth-order valence-corrected chi connectivity index (χ4v) is 2.62. The average Bonchev–Trinajstić information content (AvgIpc) is 2.29. The van der Waals surface area contributed by atoms with Gasteiger partial charge in [-0.15, -0.1) is 11.3 Å². The van der Waals surface area contributed by atoms with E-state index in [9.17, 15) is 8.42 Å². The Bertz CT molecular complexity index is 440. The Labute approximate surface area is 73.3 Å². The minimum Gasteiger partial charge on any atom is -0.389 e. The van der Waals surface area contributed by atoms with Gasteiger partial charge in [0.1, 0.15) is 16.0 Å². The highest BCUT2D eigenvalue weighted by Gasteiger charge is 2.19. The van der Waals surface area contributed by atoms with E-state index in [2.05, 4.69) is 0 Å². The van der Waals surface area contributed by atoms with Gasteiger partial charge in [-0.2, -0.15) is 5.26 Å². The smallest absolute Gasteiger partial charge is 0.242 e. The molecule has 0 aliphatic carbocycles. The zero-order valence-electron chi connectivity index (χ0n) is 5.81. The number of nitrogen functional groups attached to an aromatic ring is 1. The Morgan fingerprint density at radius 3 is 2.50 bits per heavy atom. The van der Waals surface area contributed by atoms with Gasteiger partial charge >= 0.3 is 0 Å². The van der Waals surface area contributed by atoms with Crippen molar-refractivity contribution in [1.29, 1.82) is 5.26 Å². The van der Waals surface area contributed by atoms with Gasteiger partial charge in [0.25, 0.3) is 0 Å². The molecule has 0 aromatic carbocycles. The van der Waals surface area contributed by atoms with Crippen LogP contribution >= 0.6 is 11.3 Å². The van der Waals surface area contributed by atoms with Crippen LogP contribution in [0.2, 0.25) is 0 Å². The van der Waals surface area contributed by atoms with Crippen LogP contribution in [0.15, 0.2) is 10.3 Å². The van der Waals surface area contributed by atoms with Crippen LogP contribution in [0.1, 0.15) is 5.56 Å². The third kappa shape index (κ3) is 1.40. The van der Waals surface area contributed by atoms with Crippen LogP contribution in [0.5, 0.6) is 0 Å². The molecule has 1 aromatic heterocycles. The lowest BCUT2D eigenvalue weighted by molar-refractivity contribution is 0.598. The van der Waals surface area contributed by atoms with Crippen molar-refractivity contribution < 1.29 is 8.42 Å². The highest BCUT2D eigenvalue weighted by Crippen LogP contribution is 2.27. The van der Waals surface area contributed by atoms with Crippen LogP contribution in [0.3, 0.4) is 0 Å². The molecule has 0 radical (unpaired) electrons. The number of nitrogens with zero attached hydrogens (tertiary/aromatic N) is 1. The number of anilines is 1. The van der Waals surface area contributed by atoms with Crippen LogP contribution in [-0.4, -0.2) is 8.42 Å². The van der Waals surface area contributed by atoms with Crippen LogP contribution in [0.4, 0.5) is 5.00 Å². The molecule has 0 saturated heterocycles. The second kappa shape index (κ2) is 2.75. The third-order valence-corrected chi connectivity index (χ3v) is 3.13. The summed E-state index contributed by atoms with van der Waals surface area (Å²) in [6, 6.07) is 1.69. The molecule has 0 bridgehead atoms. The molecule has 0 aliphatic heterocycles. The fourth-order valence-electron chi connectivity index (χ4n) is 0.733. The summed E-state index contributed by atoms with van der Waals surface area (Å²) in [5.74, 6) is 0. The molecule has 1 rings (SSSR count). The minimum absolute atomic E-state index is 0.000000000000000222. The molecule has 0 fully saturated rings. The van der Waals surface area contributed by atoms with Gasteiger partial charge in [-0.3, -0.25) is 0 Å². The van der Waals surface area contributed by atoms with Gasteiger partial charge < -0.3 is 5.73 Å². The Morgan fingerprint density at radius 1 is 1.58 bits per heavy atom. The molecule has 0 unspecified atom stereocenters. The number of hydrogen-bond acceptors (Lipinski definition) is 5. The van der Waals surface area contributed by atoms with E-state index in [0.717, 1.165) is 11.3 Å². The van der Waals surface area contributed by atoms with Crippen molar-refractivity contribution in [1.82, 2.24) is 0 Å². The van der Waals surface area contributed by atoms with Gasteiger partial charge in [0.05, 0.1) is 5.56 Å². The lowest BCUT2D eigenvalue weighted by Gasteiger charge is -1.94. The molecule has 0 spiro atoms. The van der Waals surface area contributed by atoms with Gasteiger partial charge in [-0.1, -0.05) is 0 Å². The van der Waals surface area contributed by atoms with E-state index in [1.165, 1.54) is 5.38 Å². The lowest BCUT2D eigenvalue weighted by Crippen LogP contribution is -2.14. The largest absolute Gasteiger partial charge is 0.389 e. The number of thiophene rings is 1. The Kier molecular flexibility index (Phi) is 2.06. The zero-order chi connectivity index (χ0) is 9.35. The van der Waals surface area contributed by atoms with Crippen molar-refractivity contribution in [3.8, 4) is 6.07 Å². The normalized spacial score (nSPS) is 11.0. The molecule has 0 saturated carbocycles. The van der Waals surface area contributed by atoms with E-state index in [1.807, 2.05) is 0 Å². The molecule has 4 N–H and O–H groups in total. The molecule has 0 aliphatic rings. The van der Waals surface area contributed by atoms with E-state index in [0.29, 0.717) is 0 Å². The summed E-state index contributed by atoms with van der Waals surface area (Å²) >= 11 is 0.979. The zero-order valence-corrected chi connectivity index (χ0v) is 7.45. The molecule has 5 nitrogen and oxygen atoms in total. The third-order valence-electron chi connectivity index (χ3n) is 1.18. The second-order valence-corrected chi connectivity index (χ2v) is 4.41. The van der Waals surface area contributed by atoms with Crippen molar-refractivity contribution in [3.05, 3.63) is 10.9 Å². The molecule has 12 heavy (non-hydrogen) atoms. The highest BCUT2D eigenvalue weighted by molar-refractivity contribution is 7.89. The monoisotopic (exact) mass is 203 g/mol. The van der Waals surface area contributed by atoms with E-state index in [-0.39, 0.29) is 15.5 Å². The topological polar surface area (TPSA) is 110 Å². The summed E-state index contributed by atoms with van der Waals surface area (Å²) in [7, 11) is -3.87. The predicted octanol–water partition coefficient (Wildman–Crippen LogP) is -0.151. The Hall–Kier alpha value is -1.10. The van der Waals surface area contributed by atoms with E-state index >= 15 is 0 Å². The van der Waals surface area contributed by atoms with Crippen molar-refractivity contribution in [2.45, 2.75) is 4.90 Å². The van der Waals surface area contributed by atoms with Crippen LogP contribution in [0.25, 0.3) is 0 Å². The highest BCUT2D eigenvalue weighted by atomic mass is 32.2. The van der Waals surface area contributed by atoms with Gasteiger partial charge in [0.2, 0.25) is 10.0 Å². The summed E-state index contributed by atoms with van der Waals surface area (Å²) in [6.07, 6.45) is 0. The van der Waals surface area contributed by atoms with E-state index in [1.54, 1.807) is 6.07 Å². The summed E-state index contributed by atoms with van der Waals surface area (Å²) in [5, 5.41) is 14.7. The molecule has 64 valence electrons. The first-order valence-corrected chi connectivity index (χ1v) is 5.19. The van der Waals surface area contributed by atoms with Gasteiger partial charge in [-0.05, 0) is 0 Å². The summed E-state index contributed by atoms with van der Waals surface area (Å²) in [5.41, 5.74) is 5.31. The Morgan fingerprint density at radius 2 is 2.17 bits per heavy atom. The minimum atomic E-state index is -3.87. The number of nitrogens with two attached hydrogens (primary N) is 2. The molecule has 1 aromatic rings. The van der Waals surface area contributed by atoms with Crippen LogP contribution in [0, 0.1) is 11.3 Å². The molecular formula is C5H5N3O2S2. The Balaban J connectivity index is 3.53. The lowest BCUT2D eigenvalue weighted by atomic mass is 10.4. The van der Waals surface area contributed by atoms with Crippen molar-refractivity contribution in [2.24, 2.45) is 5.14 Å². The van der Waals surface area contributed by atoms with Crippen molar-refractivity contribution in [2.75, 3.05) is 5.73 Å². The van der Waals surface area contributed by atoms with Gasteiger partial charge in [0, 0.05) is 5.38 Å². The number of sulfonamides is 1. The maximum Gasteiger partial charge on any atom is 0.242 e. The number of hydrogen-bond donors (Lipinski definition) is 2. The maximum absolute atomic E-state index is 10.8. The van der Waals surface area contributed by atoms with Crippen molar-refractivity contribution >= 4 is 26.4 Å². The quantitative estimate of drug-likeness (QED) is 0.661. The molecule has 0 amide bonds. The standard InChI is InChI=1S/C5H5N3O2S2/c6-1-3-2-11-5(7)4(3)12(8,9)10/h2H,7H2,(H2,8,9,10). The summed E-state index contributed by atoms with van der Waals surface area (Å²) in [6.45, 7) is 0. The first-order valence-electron chi connectivity index (χ1n) is 2.76. The van der Waals surface area contributed by atoms with Crippen molar-refractivity contribution in [3.63, 3.8) is 0 Å². The molecule has 0 atom stereocenters. The van der Waals surface area contributed by atoms with Gasteiger partial charge in [-0.25, -0.2) is 13.6 Å². The molecule has 1 heterocycles. The van der Waals surface area contributed by atoms with Gasteiger partial charge in [0.15, 0.2) is 0 Å². The van der Waals surface area contributed by atoms with Crippen LogP contribution in [-0.2, 0) is 10.0 Å². The molecular weight excluding hydrogens is 198 g/mol. The first kappa shape index (κ1) is 8.99. The number of primary sulfonamides is 1. The van der Waals surface area contributed by atoms with E-state index < -0.39 is 10.0 Å². The summed E-state index contributed by atoms with van der Waals surface area (Å²) < 4.78 is 21.7. The predicted molar refractivity (Wildman–Crippen MR) is 44.8 cm³/mol.